The van der Waals surface area contributed by atoms with Crippen LogP contribution in [0.15, 0.2) is 30.3 Å². The van der Waals surface area contributed by atoms with E-state index in [1.54, 1.807) is 20.8 Å². The van der Waals surface area contributed by atoms with E-state index >= 15 is 0 Å². The van der Waals surface area contributed by atoms with Gasteiger partial charge in [-0.05, 0) is 53.4 Å². The maximum Gasteiger partial charge on any atom is 0.408 e. The zero-order valence-corrected chi connectivity index (χ0v) is 21.4. The van der Waals surface area contributed by atoms with Crippen molar-refractivity contribution in [1.82, 2.24) is 5.32 Å². The van der Waals surface area contributed by atoms with Gasteiger partial charge in [0.05, 0.1) is 19.3 Å². The quantitative estimate of drug-likeness (QED) is 0.627. The van der Waals surface area contributed by atoms with Gasteiger partial charge in [-0.3, -0.25) is 0 Å². The molecule has 0 spiro atoms. The second-order valence-corrected chi connectivity index (χ2v) is 9.27. The minimum absolute atomic E-state index is 0.0358. The van der Waals surface area contributed by atoms with Gasteiger partial charge in [0.2, 0.25) is 0 Å². The first-order chi connectivity index (χ1) is 15.6. The number of hydrogen-bond donors (Lipinski definition) is 1. The Kier molecular flexibility index (Phi) is 13.1. The van der Waals surface area contributed by atoms with Gasteiger partial charge in [-0.2, -0.15) is 0 Å². The van der Waals surface area contributed by atoms with Crippen molar-refractivity contribution in [1.29, 1.82) is 0 Å². The third-order valence-corrected chi connectivity index (χ3v) is 4.68. The Balaban J connectivity index is 0.000000508. The first kappa shape index (κ1) is 28.9. The average Bonchev–Trinajstić information content (AvgIpc) is 3.56. The molecular formula is C26H43NO6. The van der Waals surface area contributed by atoms with Crippen molar-refractivity contribution in [2.75, 3.05) is 19.8 Å². The number of rotatable bonds is 4. The van der Waals surface area contributed by atoms with Gasteiger partial charge in [0, 0.05) is 13.0 Å². The Morgan fingerprint density at radius 3 is 2.27 bits per heavy atom. The molecule has 1 N–H and O–H groups in total. The van der Waals surface area contributed by atoms with Crippen molar-refractivity contribution in [3.8, 4) is 0 Å². The predicted octanol–water partition coefficient (Wildman–Crippen LogP) is 5.05. The van der Waals surface area contributed by atoms with Crippen LogP contribution in [-0.4, -0.2) is 55.7 Å². The summed E-state index contributed by atoms with van der Waals surface area (Å²) in [5.41, 5.74) is 0.685. The molecule has 2 fully saturated rings. The number of alkyl carbamates (subject to hydrolysis) is 1. The Labute approximate surface area is 199 Å². The smallest absolute Gasteiger partial charge is 0.408 e. The third-order valence-electron chi connectivity index (χ3n) is 4.68. The number of carbonyl (C=O) groups is 2. The van der Waals surface area contributed by atoms with E-state index in [-0.39, 0.29) is 18.8 Å². The van der Waals surface area contributed by atoms with Gasteiger partial charge in [-0.25, -0.2) is 9.59 Å². The molecule has 1 aromatic carbocycles. The number of hydrogen-bond acceptors (Lipinski definition) is 6. The van der Waals surface area contributed by atoms with Gasteiger partial charge in [-0.15, -0.1) is 0 Å². The second kappa shape index (κ2) is 14.9. The van der Waals surface area contributed by atoms with Crippen LogP contribution in [0.5, 0.6) is 0 Å². The molecule has 1 aliphatic heterocycles. The van der Waals surface area contributed by atoms with Gasteiger partial charge < -0.3 is 24.3 Å². The Morgan fingerprint density at radius 1 is 1.12 bits per heavy atom. The summed E-state index contributed by atoms with van der Waals surface area (Å²) in [4.78, 5) is 24.1. The molecular weight excluding hydrogens is 422 g/mol. The highest BCUT2D eigenvalue weighted by Gasteiger charge is 2.31. The average molecular weight is 466 g/mol. The molecule has 1 amide bonds. The molecule has 188 valence electrons. The minimum atomic E-state index is -0.885. The van der Waals surface area contributed by atoms with Crippen molar-refractivity contribution in [2.45, 2.75) is 91.6 Å². The van der Waals surface area contributed by atoms with Crippen LogP contribution in [-0.2, 0) is 23.7 Å². The van der Waals surface area contributed by atoms with Gasteiger partial charge in [0.25, 0.3) is 0 Å². The lowest BCUT2D eigenvalue weighted by molar-refractivity contribution is -0.152. The monoisotopic (exact) mass is 465 g/mol. The largest absolute Gasteiger partial charge is 0.461 e. The molecule has 2 unspecified atom stereocenters. The number of benzene rings is 1. The number of amides is 1. The highest BCUT2D eigenvalue weighted by molar-refractivity contribution is 5.81. The van der Waals surface area contributed by atoms with Crippen molar-refractivity contribution in [3.63, 3.8) is 0 Å². The van der Waals surface area contributed by atoms with Crippen LogP contribution in [0.3, 0.4) is 0 Å². The van der Waals surface area contributed by atoms with E-state index in [1.807, 2.05) is 39.0 Å². The second-order valence-electron chi connectivity index (χ2n) is 9.27. The highest BCUT2D eigenvalue weighted by Crippen LogP contribution is 2.29. The Bertz CT molecular complexity index is 684. The van der Waals surface area contributed by atoms with Crippen molar-refractivity contribution >= 4 is 12.1 Å². The summed E-state index contributed by atoms with van der Waals surface area (Å²) < 4.78 is 22.0. The summed E-state index contributed by atoms with van der Waals surface area (Å²) in [6.07, 6.45) is 1.96. The normalized spacial score (nSPS) is 23.1. The van der Waals surface area contributed by atoms with Crippen LogP contribution in [0.1, 0.15) is 66.4 Å². The van der Waals surface area contributed by atoms with Crippen molar-refractivity contribution < 1.29 is 28.5 Å². The van der Waals surface area contributed by atoms with Gasteiger partial charge in [0.1, 0.15) is 11.7 Å². The van der Waals surface area contributed by atoms with Crippen LogP contribution in [0, 0.1) is 12.8 Å². The lowest BCUT2D eigenvalue weighted by Gasteiger charge is -2.23. The molecule has 3 rings (SSSR count). The molecule has 0 aromatic heterocycles. The first-order valence-electron chi connectivity index (χ1n) is 12.0. The number of carbonyl (C=O) groups excluding carboxylic acids is 2. The van der Waals surface area contributed by atoms with E-state index in [9.17, 15) is 9.59 Å². The Hall–Kier alpha value is -2.12. The molecule has 3 atom stereocenters. The summed E-state index contributed by atoms with van der Waals surface area (Å²) in [5.74, 6) is 0.147. The minimum Gasteiger partial charge on any atom is -0.461 e. The summed E-state index contributed by atoms with van der Waals surface area (Å²) in [7, 11) is 0. The fourth-order valence-corrected chi connectivity index (χ4v) is 2.91. The maximum absolute atomic E-state index is 12.2. The molecule has 33 heavy (non-hydrogen) atoms. The number of esters is 1. The fourth-order valence-electron chi connectivity index (χ4n) is 2.91. The summed E-state index contributed by atoms with van der Waals surface area (Å²) in [5, 5.41) is 2.51. The molecule has 1 aromatic rings. The molecule has 7 nitrogen and oxygen atoms in total. The standard InChI is InChI=1S/C17H29NO6.C7H8.C2H6/c1-11-7-13(22-8-12-5-6-12)9-21-10-14(15(19)23-11)18-16(20)24-17(2,3)4;1-7-5-3-2-4-6-7;1-2/h11-14H,5-10H2,1-4H3,(H,18,20);2-6H,1H3;1-2H3/t11?,13?,14-;;/m0../s1. The number of cyclic esters (lactones) is 1. The molecule has 2 aliphatic rings. The molecule has 0 bridgehead atoms. The number of nitrogens with one attached hydrogen (secondary N) is 1. The summed E-state index contributed by atoms with van der Waals surface area (Å²) in [6.45, 7) is 14.3. The molecule has 1 saturated carbocycles. The molecule has 1 saturated heterocycles. The number of aryl methyl sites for hydroxylation is 1. The maximum atomic E-state index is 12.2. The SMILES string of the molecule is CC.CC1CC(OCC2CC2)COC[C@H](NC(=O)OC(C)(C)C)C(=O)O1.Cc1ccccc1. The molecule has 0 radical (unpaired) electrons. The lowest BCUT2D eigenvalue weighted by Crippen LogP contribution is -2.47. The van der Waals surface area contributed by atoms with Gasteiger partial charge in [0.15, 0.2) is 6.04 Å². The molecule has 1 aliphatic carbocycles. The van der Waals surface area contributed by atoms with E-state index in [0.717, 1.165) is 6.61 Å². The van der Waals surface area contributed by atoms with E-state index in [2.05, 4.69) is 24.4 Å². The van der Waals surface area contributed by atoms with Gasteiger partial charge >= 0.3 is 12.1 Å². The van der Waals surface area contributed by atoms with Crippen LogP contribution in [0.2, 0.25) is 0 Å². The van der Waals surface area contributed by atoms with Crippen LogP contribution in [0.4, 0.5) is 4.79 Å². The fraction of sp³-hybridized carbons (Fsp3) is 0.692. The highest BCUT2D eigenvalue weighted by atomic mass is 16.6. The lowest BCUT2D eigenvalue weighted by atomic mass is 10.2. The van der Waals surface area contributed by atoms with E-state index in [0.29, 0.717) is 18.9 Å². The van der Waals surface area contributed by atoms with Crippen LogP contribution in [0.25, 0.3) is 0 Å². The third kappa shape index (κ3) is 13.9. The zero-order chi connectivity index (χ0) is 24.9. The number of ether oxygens (including phenoxy) is 4. The summed E-state index contributed by atoms with van der Waals surface area (Å²) in [6, 6.07) is 9.38. The van der Waals surface area contributed by atoms with Crippen LogP contribution < -0.4 is 5.32 Å². The van der Waals surface area contributed by atoms with E-state index in [4.69, 9.17) is 18.9 Å². The van der Waals surface area contributed by atoms with Crippen molar-refractivity contribution in [2.24, 2.45) is 5.92 Å². The first-order valence-corrected chi connectivity index (χ1v) is 12.0. The van der Waals surface area contributed by atoms with Gasteiger partial charge in [-0.1, -0.05) is 49.7 Å². The molecule has 7 heteroatoms. The van der Waals surface area contributed by atoms with E-state index in [1.165, 1.54) is 18.4 Å². The molecule has 1 heterocycles. The van der Waals surface area contributed by atoms with Crippen LogP contribution >= 0.6 is 0 Å². The Morgan fingerprint density at radius 2 is 1.76 bits per heavy atom. The van der Waals surface area contributed by atoms with E-state index < -0.39 is 23.7 Å². The summed E-state index contributed by atoms with van der Waals surface area (Å²) >= 11 is 0. The topological polar surface area (TPSA) is 83.1 Å². The predicted molar refractivity (Wildman–Crippen MR) is 129 cm³/mol. The van der Waals surface area contributed by atoms with Crippen molar-refractivity contribution in [3.05, 3.63) is 35.9 Å². The zero-order valence-electron chi connectivity index (χ0n) is 21.4.